The van der Waals surface area contributed by atoms with E-state index in [9.17, 15) is 4.79 Å². The molecule has 0 saturated heterocycles. The van der Waals surface area contributed by atoms with Gasteiger partial charge in [0.2, 0.25) is 0 Å². The summed E-state index contributed by atoms with van der Waals surface area (Å²) in [6, 6.07) is 11.3. The van der Waals surface area contributed by atoms with E-state index in [0.717, 1.165) is 15.7 Å². The highest BCUT2D eigenvalue weighted by molar-refractivity contribution is 14.1. The summed E-state index contributed by atoms with van der Waals surface area (Å²) < 4.78 is 12.3. The van der Waals surface area contributed by atoms with Crippen molar-refractivity contribution in [3.05, 3.63) is 51.5 Å². The average Bonchev–Trinajstić information content (AvgIpc) is 2.95. The van der Waals surface area contributed by atoms with E-state index in [1.165, 1.54) is 0 Å². The van der Waals surface area contributed by atoms with Crippen molar-refractivity contribution in [1.29, 1.82) is 0 Å². The zero-order valence-corrected chi connectivity index (χ0v) is 14.2. The number of rotatable bonds is 6. The first-order chi connectivity index (χ1) is 10.1. The lowest BCUT2D eigenvalue weighted by Gasteiger charge is -2.09. The van der Waals surface area contributed by atoms with E-state index in [0.29, 0.717) is 18.1 Å². The molecule has 1 N–H and O–H groups in total. The van der Waals surface area contributed by atoms with E-state index in [-0.39, 0.29) is 11.9 Å². The molecule has 0 fully saturated rings. The van der Waals surface area contributed by atoms with Crippen LogP contribution >= 0.6 is 22.6 Å². The van der Waals surface area contributed by atoms with E-state index in [4.69, 9.17) is 9.15 Å². The fourth-order valence-corrected chi connectivity index (χ4v) is 2.02. The molecule has 21 heavy (non-hydrogen) atoms. The van der Waals surface area contributed by atoms with Gasteiger partial charge in [0.25, 0.3) is 5.91 Å². The van der Waals surface area contributed by atoms with Gasteiger partial charge in [0.15, 0.2) is 5.76 Å². The SMILES string of the molecule is CCC(C)NC(=O)c1ccc(COc2ccc(I)cc2)o1. The normalized spacial score (nSPS) is 12.0. The van der Waals surface area contributed by atoms with E-state index < -0.39 is 0 Å². The van der Waals surface area contributed by atoms with Crippen LogP contribution in [0.1, 0.15) is 36.6 Å². The van der Waals surface area contributed by atoms with Gasteiger partial charge in [0.1, 0.15) is 18.1 Å². The van der Waals surface area contributed by atoms with Crippen molar-refractivity contribution in [2.75, 3.05) is 0 Å². The molecule has 2 rings (SSSR count). The van der Waals surface area contributed by atoms with Gasteiger partial charge in [-0.1, -0.05) is 6.92 Å². The molecule has 1 atom stereocenters. The molecule has 1 unspecified atom stereocenters. The Hall–Kier alpha value is -1.50. The van der Waals surface area contributed by atoms with Gasteiger partial charge in [-0.2, -0.15) is 0 Å². The van der Waals surface area contributed by atoms with E-state index in [2.05, 4.69) is 27.9 Å². The van der Waals surface area contributed by atoms with Crippen LogP contribution in [-0.4, -0.2) is 11.9 Å². The molecular formula is C16H18INO3. The third-order valence-electron chi connectivity index (χ3n) is 3.07. The van der Waals surface area contributed by atoms with E-state index in [1.807, 2.05) is 38.1 Å². The Kier molecular flexibility index (Phi) is 5.67. The van der Waals surface area contributed by atoms with Crippen LogP contribution in [0.25, 0.3) is 0 Å². The molecule has 0 spiro atoms. The van der Waals surface area contributed by atoms with Gasteiger partial charge in [0, 0.05) is 9.61 Å². The number of carbonyl (C=O) groups is 1. The minimum atomic E-state index is -0.190. The number of furan rings is 1. The first-order valence-corrected chi connectivity index (χ1v) is 7.94. The summed E-state index contributed by atoms with van der Waals surface area (Å²) in [6.07, 6.45) is 0.884. The van der Waals surface area contributed by atoms with Crippen LogP contribution in [0.15, 0.2) is 40.8 Å². The third-order valence-corrected chi connectivity index (χ3v) is 3.79. The van der Waals surface area contributed by atoms with Crippen LogP contribution < -0.4 is 10.1 Å². The van der Waals surface area contributed by atoms with E-state index >= 15 is 0 Å². The summed E-state index contributed by atoms with van der Waals surface area (Å²) in [5, 5.41) is 2.86. The first kappa shape index (κ1) is 15.9. The number of hydrogen-bond acceptors (Lipinski definition) is 3. The molecule has 1 heterocycles. The van der Waals surface area contributed by atoms with Crippen molar-refractivity contribution >= 4 is 28.5 Å². The van der Waals surface area contributed by atoms with Gasteiger partial charge >= 0.3 is 0 Å². The highest BCUT2D eigenvalue weighted by Gasteiger charge is 2.13. The molecule has 2 aromatic rings. The minimum Gasteiger partial charge on any atom is -0.486 e. The van der Waals surface area contributed by atoms with Crippen LogP contribution in [0.3, 0.4) is 0 Å². The highest BCUT2D eigenvalue weighted by Crippen LogP contribution is 2.16. The van der Waals surface area contributed by atoms with E-state index in [1.54, 1.807) is 12.1 Å². The molecule has 4 nitrogen and oxygen atoms in total. The molecule has 0 aliphatic heterocycles. The Morgan fingerprint density at radius 2 is 2.00 bits per heavy atom. The zero-order valence-electron chi connectivity index (χ0n) is 12.1. The molecule has 5 heteroatoms. The molecule has 0 bridgehead atoms. The van der Waals surface area contributed by atoms with Crippen molar-refractivity contribution in [2.24, 2.45) is 0 Å². The van der Waals surface area contributed by atoms with Gasteiger partial charge in [-0.25, -0.2) is 0 Å². The van der Waals surface area contributed by atoms with Crippen LogP contribution in [0.2, 0.25) is 0 Å². The molecule has 1 aromatic heterocycles. The number of benzene rings is 1. The second kappa shape index (κ2) is 7.49. The maximum absolute atomic E-state index is 11.9. The van der Waals surface area contributed by atoms with Crippen LogP contribution in [-0.2, 0) is 6.61 Å². The number of nitrogens with one attached hydrogen (secondary N) is 1. The monoisotopic (exact) mass is 399 g/mol. The summed E-state index contributed by atoms with van der Waals surface area (Å²) in [6.45, 7) is 4.28. The predicted molar refractivity (Wildman–Crippen MR) is 89.4 cm³/mol. The van der Waals surface area contributed by atoms with Crippen LogP contribution in [0, 0.1) is 3.57 Å². The number of carbonyl (C=O) groups excluding carboxylic acids is 1. The van der Waals surface area contributed by atoms with Crippen molar-refractivity contribution in [3.63, 3.8) is 0 Å². The summed E-state index contributed by atoms with van der Waals surface area (Å²) in [7, 11) is 0. The standard InChI is InChI=1S/C16H18INO3/c1-3-11(2)18-16(19)15-9-8-14(21-15)10-20-13-6-4-12(17)5-7-13/h4-9,11H,3,10H2,1-2H3,(H,18,19). The van der Waals surface area contributed by atoms with Crippen LogP contribution in [0.5, 0.6) is 5.75 Å². The maximum Gasteiger partial charge on any atom is 0.287 e. The number of amides is 1. The average molecular weight is 399 g/mol. The van der Waals surface area contributed by atoms with Crippen LogP contribution in [0.4, 0.5) is 0 Å². The zero-order chi connectivity index (χ0) is 15.2. The summed E-state index contributed by atoms with van der Waals surface area (Å²) in [5.41, 5.74) is 0. The lowest BCUT2D eigenvalue weighted by Crippen LogP contribution is -2.31. The fourth-order valence-electron chi connectivity index (χ4n) is 1.66. The van der Waals surface area contributed by atoms with Gasteiger partial charge in [-0.05, 0) is 72.3 Å². The van der Waals surface area contributed by atoms with Gasteiger partial charge in [-0.15, -0.1) is 0 Å². The number of hydrogen-bond donors (Lipinski definition) is 1. The van der Waals surface area contributed by atoms with Gasteiger partial charge in [-0.3, -0.25) is 4.79 Å². The summed E-state index contributed by atoms with van der Waals surface area (Å²) in [5.74, 6) is 1.53. The third kappa shape index (κ3) is 4.77. The molecule has 0 aliphatic carbocycles. The molecule has 0 aliphatic rings. The number of ether oxygens (including phenoxy) is 1. The van der Waals surface area contributed by atoms with Gasteiger partial charge < -0.3 is 14.5 Å². The lowest BCUT2D eigenvalue weighted by molar-refractivity contribution is 0.0907. The first-order valence-electron chi connectivity index (χ1n) is 6.86. The molecular weight excluding hydrogens is 381 g/mol. The Morgan fingerprint density at radius 3 is 2.67 bits per heavy atom. The topological polar surface area (TPSA) is 51.5 Å². The maximum atomic E-state index is 11.9. The second-order valence-corrected chi connectivity index (χ2v) is 6.04. The largest absolute Gasteiger partial charge is 0.486 e. The molecule has 0 radical (unpaired) electrons. The number of halogens is 1. The summed E-state index contributed by atoms with van der Waals surface area (Å²) >= 11 is 2.24. The summed E-state index contributed by atoms with van der Waals surface area (Å²) in [4.78, 5) is 11.9. The van der Waals surface area contributed by atoms with Crippen molar-refractivity contribution < 1.29 is 13.9 Å². The Bertz CT molecular complexity index is 592. The fraction of sp³-hybridized carbons (Fsp3) is 0.312. The van der Waals surface area contributed by atoms with Crippen molar-refractivity contribution in [3.8, 4) is 5.75 Å². The molecule has 1 amide bonds. The lowest BCUT2D eigenvalue weighted by atomic mass is 10.2. The Labute approximate surface area is 138 Å². The minimum absolute atomic E-state index is 0.133. The predicted octanol–water partition coefficient (Wildman–Crippen LogP) is 3.99. The molecule has 1 aromatic carbocycles. The second-order valence-electron chi connectivity index (χ2n) is 4.79. The molecule has 0 saturated carbocycles. The quantitative estimate of drug-likeness (QED) is 0.748. The van der Waals surface area contributed by atoms with Crippen molar-refractivity contribution in [2.45, 2.75) is 32.9 Å². The Morgan fingerprint density at radius 1 is 1.29 bits per heavy atom. The molecule has 112 valence electrons. The van der Waals surface area contributed by atoms with Crippen molar-refractivity contribution in [1.82, 2.24) is 5.32 Å². The Balaban J connectivity index is 1.91. The smallest absolute Gasteiger partial charge is 0.287 e. The van der Waals surface area contributed by atoms with Gasteiger partial charge in [0.05, 0.1) is 0 Å². The highest BCUT2D eigenvalue weighted by atomic mass is 127.